The van der Waals surface area contributed by atoms with Crippen LogP contribution in [0.2, 0.25) is 0 Å². The van der Waals surface area contributed by atoms with Crippen molar-refractivity contribution < 1.29 is 18.4 Å². The van der Waals surface area contributed by atoms with Crippen molar-refractivity contribution in [3.8, 4) is 0 Å². The van der Waals surface area contributed by atoms with E-state index < -0.39 is 31.1 Å². The van der Waals surface area contributed by atoms with Crippen LogP contribution >= 0.6 is 0 Å². The molecule has 2 atom stereocenters. The summed E-state index contributed by atoms with van der Waals surface area (Å²) >= 11 is 0. The average Bonchev–Trinajstić information content (AvgIpc) is 2.49. The van der Waals surface area contributed by atoms with Gasteiger partial charge < -0.3 is 10.2 Å². The first kappa shape index (κ1) is 15.7. The number of rotatable bonds is 2. The number of carbonyl (C=O) groups excluding carboxylic acids is 2. The van der Waals surface area contributed by atoms with Gasteiger partial charge in [-0.25, -0.2) is 13.6 Å². The smallest absolute Gasteiger partial charge is 0.322 e. The monoisotopic (exact) mass is 323 g/mol. The molecule has 0 unspecified atom stereocenters. The molecule has 1 aromatic carbocycles. The molecule has 0 saturated carbocycles. The van der Waals surface area contributed by atoms with Crippen LogP contribution in [0.1, 0.15) is 20.3 Å². The highest BCUT2D eigenvalue weighted by molar-refractivity contribution is 6.11. The fourth-order valence-electron chi connectivity index (χ4n) is 3.02. The molecule has 23 heavy (non-hydrogen) atoms. The van der Waals surface area contributed by atoms with E-state index in [0.717, 1.165) is 4.90 Å². The van der Waals surface area contributed by atoms with Crippen molar-refractivity contribution >= 4 is 23.3 Å². The zero-order valence-electron chi connectivity index (χ0n) is 13.1. The lowest BCUT2D eigenvalue weighted by atomic mass is 9.94. The number of hydrogen-bond donors (Lipinski definition) is 1. The number of fused-ring (bicyclic) bond motifs is 1. The Morgan fingerprint density at radius 2 is 2.04 bits per heavy atom. The number of para-hydroxylation sites is 2. The van der Waals surface area contributed by atoms with E-state index in [1.165, 1.54) is 4.90 Å². The highest BCUT2D eigenvalue weighted by atomic mass is 19.3. The van der Waals surface area contributed by atoms with E-state index in [1.807, 2.05) is 13.8 Å². The molecular weight excluding hydrogens is 304 g/mol. The van der Waals surface area contributed by atoms with Crippen LogP contribution < -0.4 is 10.2 Å². The molecule has 0 aliphatic carbocycles. The number of likely N-dealkylation sites (tertiary alicyclic amines) is 1. The second-order valence-corrected chi connectivity index (χ2v) is 6.20. The first-order chi connectivity index (χ1) is 10.8. The van der Waals surface area contributed by atoms with E-state index in [9.17, 15) is 18.4 Å². The van der Waals surface area contributed by atoms with Gasteiger partial charge in [-0.1, -0.05) is 32.4 Å². The first-order valence-corrected chi connectivity index (χ1v) is 7.70. The van der Waals surface area contributed by atoms with Crippen molar-refractivity contribution in [2.75, 3.05) is 23.3 Å². The van der Waals surface area contributed by atoms with Gasteiger partial charge >= 0.3 is 6.03 Å². The Hall–Kier alpha value is -2.18. The van der Waals surface area contributed by atoms with Gasteiger partial charge in [-0.05, 0) is 18.1 Å². The zero-order valence-corrected chi connectivity index (χ0v) is 13.1. The van der Waals surface area contributed by atoms with Crippen LogP contribution in [0.25, 0.3) is 0 Å². The second-order valence-electron chi connectivity index (χ2n) is 6.20. The molecule has 2 heterocycles. The number of halogens is 2. The van der Waals surface area contributed by atoms with Crippen LogP contribution in [0.5, 0.6) is 0 Å². The van der Waals surface area contributed by atoms with Crippen molar-refractivity contribution in [3.63, 3.8) is 0 Å². The maximum absolute atomic E-state index is 13.1. The molecular formula is C16H19F2N3O2. The normalized spacial score (nSPS) is 23.7. The van der Waals surface area contributed by atoms with Crippen LogP contribution in [0.4, 0.5) is 25.0 Å². The fraction of sp³-hybridized carbons (Fsp3) is 0.500. The predicted molar refractivity (Wildman–Crippen MR) is 82.7 cm³/mol. The molecule has 2 aliphatic heterocycles. The van der Waals surface area contributed by atoms with E-state index >= 15 is 0 Å². The minimum absolute atomic E-state index is 0.0888. The molecule has 0 aromatic heterocycles. The Balaban J connectivity index is 1.98. The first-order valence-electron chi connectivity index (χ1n) is 7.70. The summed E-state index contributed by atoms with van der Waals surface area (Å²) in [6.07, 6.45) is 0.695. The van der Waals surface area contributed by atoms with Crippen LogP contribution in [0.15, 0.2) is 24.3 Å². The van der Waals surface area contributed by atoms with E-state index in [1.54, 1.807) is 24.3 Å². The molecule has 0 radical (unpaired) electrons. The van der Waals surface area contributed by atoms with Crippen molar-refractivity contribution in [3.05, 3.63) is 24.3 Å². The summed E-state index contributed by atoms with van der Waals surface area (Å²) in [7, 11) is 0. The maximum atomic E-state index is 13.1. The van der Waals surface area contributed by atoms with Gasteiger partial charge in [0, 0.05) is 0 Å². The number of urea groups is 1. The van der Waals surface area contributed by atoms with Crippen molar-refractivity contribution in [2.24, 2.45) is 5.92 Å². The zero-order chi connectivity index (χ0) is 16.8. The summed E-state index contributed by atoms with van der Waals surface area (Å²) in [4.78, 5) is 27.7. The molecule has 5 nitrogen and oxygen atoms in total. The van der Waals surface area contributed by atoms with Crippen molar-refractivity contribution in [2.45, 2.75) is 32.2 Å². The second kappa shape index (κ2) is 5.47. The SMILES string of the molecule is CC[C@H](C)[C@H]1C(=O)Nc2ccccc2N1C(=O)N1CC(F)(F)C1. The van der Waals surface area contributed by atoms with Crippen molar-refractivity contribution in [1.82, 2.24) is 4.90 Å². The minimum atomic E-state index is -2.83. The highest BCUT2D eigenvalue weighted by Crippen LogP contribution is 2.37. The molecule has 1 saturated heterocycles. The van der Waals surface area contributed by atoms with Crippen LogP contribution in [0, 0.1) is 5.92 Å². The largest absolute Gasteiger partial charge is 0.325 e. The lowest BCUT2D eigenvalue weighted by molar-refractivity contribution is -0.119. The molecule has 2 aliphatic rings. The van der Waals surface area contributed by atoms with Gasteiger partial charge in [0.25, 0.3) is 5.92 Å². The van der Waals surface area contributed by atoms with Gasteiger partial charge in [-0.15, -0.1) is 0 Å². The fourth-order valence-corrected chi connectivity index (χ4v) is 3.02. The van der Waals surface area contributed by atoms with Crippen LogP contribution in [-0.2, 0) is 4.79 Å². The molecule has 7 heteroatoms. The predicted octanol–water partition coefficient (Wildman–Crippen LogP) is 2.93. The number of benzene rings is 1. The molecule has 1 aromatic rings. The minimum Gasteiger partial charge on any atom is -0.322 e. The van der Waals surface area contributed by atoms with Gasteiger partial charge in [0.1, 0.15) is 6.04 Å². The summed E-state index contributed by atoms with van der Waals surface area (Å²) < 4.78 is 26.2. The number of anilines is 2. The molecule has 3 rings (SSSR count). The summed E-state index contributed by atoms with van der Waals surface area (Å²) in [6, 6.07) is 5.70. The lowest BCUT2D eigenvalue weighted by Crippen LogP contribution is -2.65. The Morgan fingerprint density at radius 1 is 1.39 bits per heavy atom. The Bertz CT molecular complexity index is 642. The third kappa shape index (κ3) is 2.64. The third-order valence-corrected chi connectivity index (χ3v) is 4.47. The summed E-state index contributed by atoms with van der Waals surface area (Å²) in [5, 5.41) is 2.80. The summed E-state index contributed by atoms with van der Waals surface area (Å²) in [5.41, 5.74) is 1.08. The van der Waals surface area contributed by atoms with Gasteiger partial charge in [-0.3, -0.25) is 9.69 Å². The quantitative estimate of drug-likeness (QED) is 0.910. The van der Waals surface area contributed by atoms with E-state index in [-0.39, 0.29) is 11.8 Å². The Morgan fingerprint density at radius 3 is 2.65 bits per heavy atom. The van der Waals surface area contributed by atoms with E-state index in [0.29, 0.717) is 17.8 Å². The number of alkyl halides is 2. The van der Waals surface area contributed by atoms with Gasteiger partial charge in [0.2, 0.25) is 5.91 Å². The topological polar surface area (TPSA) is 52.7 Å². The molecule has 0 spiro atoms. The number of nitrogens with one attached hydrogen (secondary N) is 1. The molecule has 1 N–H and O–H groups in total. The van der Waals surface area contributed by atoms with Gasteiger partial charge in [-0.2, -0.15) is 0 Å². The lowest BCUT2D eigenvalue weighted by Gasteiger charge is -2.45. The molecule has 3 amide bonds. The maximum Gasteiger partial charge on any atom is 0.325 e. The Labute approximate surface area is 133 Å². The van der Waals surface area contributed by atoms with Gasteiger partial charge in [0.05, 0.1) is 24.5 Å². The molecule has 124 valence electrons. The van der Waals surface area contributed by atoms with Crippen LogP contribution in [-0.4, -0.2) is 41.9 Å². The summed E-state index contributed by atoms with van der Waals surface area (Å²) in [6.45, 7) is 2.61. The standard InChI is InChI=1S/C16H19F2N3O2/c1-3-10(2)13-14(22)19-11-6-4-5-7-12(11)21(13)15(23)20-8-16(17,18)9-20/h4-7,10,13H,3,8-9H2,1-2H3,(H,19,22)/t10-,13-/m0/s1. The Kier molecular flexibility index (Phi) is 3.74. The van der Waals surface area contributed by atoms with Crippen molar-refractivity contribution in [1.29, 1.82) is 0 Å². The number of hydrogen-bond acceptors (Lipinski definition) is 2. The van der Waals surface area contributed by atoms with E-state index in [4.69, 9.17) is 0 Å². The third-order valence-electron chi connectivity index (χ3n) is 4.47. The van der Waals surface area contributed by atoms with Crippen LogP contribution in [0.3, 0.4) is 0 Å². The highest BCUT2D eigenvalue weighted by Gasteiger charge is 2.50. The average molecular weight is 323 g/mol. The summed E-state index contributed by atoms with van der Waals surface area (Å²) in [5.74, 6) is -3.20. The molecule has 0 bridgehead atoms. The van der Waals surface area contributed by atoms with Gasteiger partial charge in [0.15, 0.2) is 0 Å². The number of nitrogens with zero attached hydrogens (tertiary/aromatic N) is 2. The van der Waals surface area contributed by atoms with E-state index in [2.05, 4.69) is 5.32 Å². The number of carbonyl (C=O) groups is 2. The number of amides is 3. The molecule has 1 fully saturated rings.